The van der Waals surface area contributed by atoms with E-state index in [-0.39, 0.29) is 10.6 Å². The number of hydrogen-bond acceptors (Lipinski definition) is 5. The molecule has 0 heterocycles. The minimum atomic E-state index is -3.72. The molecule has 2 aromatic rings. The lowest BCUT2D eigenvalue weighted by Gasteiger charge is -2.27. The van der Waals surface area contributed by atoms with Crippen LogP contribution in [0, 0.1) is 5.41 Å². The average molecular weight is 444 g/mol. The second kappa shape index (κ2) is 11.1. The van der Waals surface area contributed by atoms with Crippen molar-refractivity contribution in [2.24, 2.45) is 5.41 Å². The number of benzene rings is 2. The van der Waals surface area contributed by atoms with E-state index in [2.05, 4.69) is 0 Å². The van der Waals surface area contributed by atoms with Crippen molar-refractivity contribution in [3.05, 3.63) is 65.7 Å². The molecule has 1 unspecified atom stereocenters. The number of aldehydes is 1. The summed E-state index contributed by atoms with van der Waals surface area (Å²) in [6.07, 6.45) is 7.63. The Labute approximate surface area is 186 Å². The van der Waals surface area contributed by atoms with Crippen molar-refractivity contribution < 1.29 is 17.9 Å². The van der Waals surface area contributed by atoms with Crippen molar-refractivity contribution in [3.8, 4) is 5.75 Å². The van der Waals surface area contributed by atoms with E-state index < -0.39 is 15.3 Å². The molecule has 168 valence electrons. The van der Waals surface area contributed by atoms with Gasteiger partial charge in [-0.25, -0.2) is 8.42 Å². The van der Waals surface area contributed by atoms with E-state index in [9.17, 15) is 13.2 Å². The zero-order chi connectivity index (χ0) is 22.9. The highest BCUT2D eigenvalue weighted by molar-refractivity contribution is 7.91. The molecule has 0 fully saturated rings. The third-order valence-corrected chi connectivity index (χ3v) is 7.51. The van der Waals surface area contributed by atoms with E-state index in [1.54, 1.807) is 25.3 Å². The van der Waals surface area contributed by atoms with Gasteiger partial charge in [-0.15, -0.1) is 0 Å². The molecule has 0 bridgehead atoms. The first-order valence-electron chi connectivity index (χ1n) is 10.6. The highest BCUT2D eigenvalue weighted by Crippen LogP contribution is 2.33. The van der Waals surface area contributed by atoms with Crippen LogP contribution in [0.2, 0.25) is 0 Å². The molecule has 0 saturated heterocycles. The second-order valence-corrected chi connectivity index (χ2v) is 9.97. The Kier molecular flexibility index (Phi) is 8.87. The van der Waals surface area contributed by atoms with Crippen LogP contribution in [0.1, 0.15) is 50.7 Å². The van der Waals surface area contributed by atoms with Crippen molar-refractivity contribution in [2.75, 3.05) is 18.6 Å². The van der Waals surface area contributed by atoms with Crippen LogP contribution in [0.25, 0.3) is 0 Å². The fourth-order valence-corrected chi connectivity index (χ4v) is 5.76. The molecule has 2 aromatic carbocycles. The van der Waals surface area contributed by atoms with Crippen molar-refractivity contribution in [2.45, 2.75) is 50.8 Å². The van der Waals surface area contributed by atoms with Crippen LogP contribution in [-0.4, -0.2) is 27.6 Å². The monoisotopic (exact) mass is 443 g/mol. The molecule has 2 N–H and O–H groups in total. The lowest BCUT2D eigenvalue weighted by molar-refractivity contribution is -0.115. The van der Waals surface area contributed by atoms with Gasteiger partial charge in [0.1, 0.15) is 12.0 Å². The number of allylic oxidation sites excluding steroid dienone is 2. The molecule has 6 heteroatoms. The number of carbonyl (C=O) groups excluding carboxylic acids is 1. The molecule has 0 spiro atoms. The fraction of sp³-hybridized carbons (Fsp3) is 0.400. The van der Waals surface area contributed by atoms with E-state index in [1.165, 1.54) is 0 Å². The van der Waals surface area contributed by atoms with Gasteiger partial charge in [0.05, 0.1) is 17.8 Å². The van der Waals surface area contributed by atoms with Gasteiger partial charge >= 0.3 is 0 Å². The normalized spacial score (nSPS) is 13.8. The first-order valence-corrected chi connectivity index (χ1v) is 12.3. The number of nitrogens with two attached hydrogens (primary N) is 1. The first-order chi connectivity index (χ1) is 14.8. The number of sulfone groups is 1. The van der Waals surface area contributed by atoms with Gasteiger partial charge in [0.2, 0.25) is 0 Å². The average Bonchev–Trinajstić information content (AvgIpc) is 2.76. The minimum absolute atomic E-state index is 0.215. The van der Waals surface area contributed by atoms with Crippen LogP contribution < -0.4 is 10.5 Å². The Hall–Kier alpha value is -2.60. The van der Waals surface area contributed by atoms with E-state index in [1.807, 2.05) is 50.3 Å². The standard InChI is InChI=1S/C25H33NO4S/c1-4-6-14-25(18-27,15-7-5-2)19-31(28,29)24-13-10-22(26)17-21(24)16-20-8-11-23(30-3)12-9-20/h4,6,8-13,17-18H,5,7,14-16,19,26H2,1-3H3/b6-4-. The summed E-state index contributed by atoms with van der Waals surface area (Å²) < 4.78 is 32.2. The van der Waals surface area contributed by atoms with Crippen LogP contribution in [0.5, 0.6) is 5.75 Å². The molecule has 0 saturated carbocycles. The van der Waals surface area contributed by atoms with Gasteiger partial charge in [-0.2, -0.15) is 0 Å². The number of unbranched alkanes of at least 4 members (excludes halogenated alkanes) is 1. The summed E-state index contributed by atoms with van der Waals surface area (Å²) >= 11 is 0. The lowest BCUT2D eigenvalue weighted by atomic mass is 9.83. The number of nitrogen functional groups attached to an aromatic ring is 1. The van der Waals surface area contributed by atoms with Gasteiger partial charge in [-0.1, -0.05) is 44.1 Å². The molecule has 1 atom stereocenters. The summed E-state index contributed by atoms with van der Waals surface area (Å²) in [6, 6.07) is 12.4. The van der Waals surface area contributed by atoms with Crippen molar-refractivity contribution in [1.29, 1.82) is 0 Å². The van der Waals surface area contributed by atoms with Crippen LogP contribution in [0.4, 0.5) is 5.69 Å². The Bertz CT molecular complexity index is 997. The summed E-state index contributed by atoms with van der Waals surface area (Å²) in [7, 11) is -2.12. The largest absolute Gasteiger partial charge is 0.497 e. The maximum Gasteiger partial charge on any atom is 0.179 e. The Morgan fingerprint density at radius 2 is 1.84 bits per heavy atom. The number of anilines is 1. The molecule has 31 heavy (non-hydrogen) atoms. The number of rotatable bonds is 12. The molecule has 0 aliphatic heterocycles. The van der Waals surface area contributed by atoms with E-state index in [0.29, 0.717) is 30.5 Å². The van der Waals surface area contributed by atoms with Gasteiger partial charge < -0.3 is 15.3 Å². The smallest absolute Gasteiger partial charge is 0.179 e. The highest BCUT2D eigenvalue weighted by Gasteiger charge is 2.35. The van der Waals surface area contributed by atoms with Crippen LogP contribution >= 0.6 is 0 Å². The molecule has 5 nitrogen and oxygen atoms in total. The van der Waals surface area contributed by atoms with E-state index >= 15 is 0 Å². The zero-order valence-electron chi connectivity index (χ0n) is 18.6. The number of hydrogen-bond donors (Lipinski definition) is 1. The minimum Gasteiger partial charge on any atom is -0.497 e. The molecule has 2 rings (SSSR count). The van der Waals surface area contributed by atoms with Crippen LogP contribution in [-0.2, 0) is 21.1 Å². The maximum absolute atomic E-state index is 13.5. The van der Waals surface area contributed by atoms with Gasteiger partial charge in [0.25, 0.3) is 0 Å². The molecule has 0 aliphatic rings. The Morgan fingerprint density at radius 1 is 1.13 bits per heavy atom. The molecule has 0 aromatic heterocycles. The van der Waals surface area contributed by atoms with Gasteiger partial charge in [0.15, 0.2) is 9.84 Å². The van der Waals surface area contributed by atoms with Crippen LogP contribution in [0.15, 0.2) is 59.5 Å². The summed E-state index contributed by atoms with van der Waals surface area (Å²) in [5.74, 6) is 0.521. The highest BCUT2D eigenvalue weighted by atomic mass is 32.2. The molecular weight excluding hydrogens is 410 g/mol. The Morgan fingerprint density at radius 3 is 2.42 bits per heavy atom. The van der Waals surface area contributed by atoms with Crippen molar-refractivity contribution in [3.63, 3.8) is 0 Å². The van der Waals surface area contributed by atoms with E-state index in [0.717, 1.165) is 30.4 Å². The lowest BCUT2D eigenvalue weighted by Crippen LogP contribution is -2.32. The summed E-state index contributed by atoms with van der Waals surface area (Å²) in [5, 5.41) is 0. The molecule has 0 radical (unpaired) electrons. The molecule has 0 amide bonds. The molecular formula is C25H33NO4S. The van der Waals surface area contributed by atoms with Gasteiger partial charge in [0, 0.05) is 11.1 Å². The zero-order valence-corrected chi connectivity index (χ0v) is 19.5. The topological polar surface area (TPSA) is 86.5 Å². The Balaban J connectivity index is 2.43. The fourth-order valence-electron chi connectivity index (χ4n) is 3.72. The summed E-state index contributed by atoms with van der Waals surface area (Å²) in [6.45, 7) is 3.91. The summed E-state index contributed by atoms with van der Waals surface area (Å²) in [4.78, 5) is 12.3. The second-order valence-electron chi connectivity index (χ2n) is 8.01. The summed E-state index contributed by atoms with van der Waals surface area (Å²) in [5.41, 5.74) is 7.13. The van der Waals surface area contributed by atoms with Crippen LogP contribution in [0.3, 0.4) is 0 Å². The van der Waals surface area contributed by atoms with E-state index in [4.69, 9.17) is 10.5 Å². The first kappa shape index (κ1) is 24.7. The predicted octanol–water partition coefficient (Wildman–Crippen LogP) is 4.98. The van der Waals surface area contributed by atoms with Crippen molar-refractivity contribution in [1.82, 2.24) is 0 Å². The number of ether oxygens (including phenoxy) is 1. The van der Waals surface area contributed by atoms with Gasteiger partial charge in [-0.3, -0.25) is 0 Å². The third-order valence-electron chi connectivity index (χ3n) is 5.49. The number of methoxy groups -OCH3 is 1. The number of carbonyl (C=O) groups is 1. The van der Waals surface area contributed by atoms with Crippen molar-refractivity contribution >= 4 is 21.8 Å². The third kappa shape index (κ3) is 6.69. The predicted molar refractivity (Wildman–Crippen MR) is 126 cm³/mol. The quantitative estimate of drug-likeness (QED) is 0.284. The van der Waals surface area contributed by atoms with Gasteiger partial charge in [-0.05, 0) is 67.6 Å². The SMILES string of the molecule is C/C=C\CC(C=O)(CCCC)CS(=O)(=O)c1ccc(N)cc1Cc1ccc(OC)cc1. The molecule has 0 aliphatic carbocycles. The maximum atomic E-state index is 13.5.